The van der Waals surface area contributed by atoms with Gasteiger partial charge in [0.2, 0.25) is 0 Å². The van der Waals surface area contributed by atoms with Gasteiger partial charge < -0.3 is 0 Å². The Kier molecular flexibility index (Phi) is 10.5. The summed E-state index contributed by atoms with van der Waals surface area (Å²) in [5.74, 6) is 0.802. The van der Waals surface area contributed by atoms with Gasteiger partial charge in [-0.2, -0.15) is 0 Å². The third kappa shape index (κ3) is 8.50. The Morgan fingerprint density at radius 2 is 1.55 bits per heavy atom. The van der Waals surface area contributed by atoms with E-state index in [1.165, 1.54) is 64.2 Å². The molecule has 2 heteroatoms. The van der Waals surface area contributed by atoms with Crippen LogP contribution in [0.4, 0.5) is 0 Å². The number of nitrogens with zero attached hydrogens (tertiary/aromatic N) is 2. The van der Waals surface area contributed by atoms with E-state index in [1.807, 2.05) is 6.21 Å². The van der Waals surface area contributed by atoms with Crippen molar-refractivity contribution in [2.45, 2.75) is 90.0 Å². The van der Waals surface area contributed by atoms with E-state index in [-0.39, 0.29) is 6.04 Å². The highest BCUT2D eigenvalue weighted by Crippen LogP contribution is 2.21. The average molecular weight is 278 g/mol. The van der Waals surface area contributed by atoms with E-state index in [2.05, 4.69) is 23.6 Å². The van der Waals surface area contributed by atoms with Gasteiger partial charge in [0.05, 0.1) is 6.04 Å². The zero-order valence-electron chi connectivity index (χ0n) is 13.5. The molecule has 0 bridgehead atoms. The van der Waals surface area contributed by atoms with E-state index in [0.29, 0.717) is 0 Å². The van der Waals surface area contributed by atoms with Crippen LogP contribution >= 0.6 is 0 Å². The minimum absolute atomic E-state index is 0.239. The smallest absolute Gasteiger partial charge is 0.0838 e. The van der Waals surface area contributed by atoms with Crippen LogP contribution in [-0.4, -0.2) is 25.5 Å². The predicted octanol–water partition coefficient (Wildman–Crippen LogP) is 5.46. The molecule has 0 aromatic heterocycles. The molecule has 1 aliphatic carbocycles. The molecule has 1 fully saturated rings. The van der Waals surface area contributed by atoms with Crippen molar-refractivity contribution in [2.75, 3.05) is 6.54 Å². The molecule has 0 aromatic rings. The molecule has 0 amide bonds. The summed E-state index contributed by atoms with van der Waals surface area (Å²) in [6, 6.07) is 0.239. The molecule has 1 saturated carbocycles. The lowest BCUT2D eigenvalue weighted by Crippen LogP contribution is -2.09. The maximum atomic E-state index is 4.68. The Balaban J connectivity index is 2.32. The molecule has 0 spiro atoms. The van der Waals surface area contributed by atoms with Crippen molar-refractivity contribution in [1.82, 2.24) is 0 Å². The number of hydrogen-bond donors (Lipinski definition) is 0. The van der Waals surface area contributed by atoms with Gasteiger partial charge in [0.15, 0.2) is 0 Å². The molecule has 0 radical (unpaired) electrons. The molecule has 0 aliphatic heterocycles. The Morgan fingerprint density at radius 3 is 2.05 bits per heavy atom. The first-order valence-corrected chi connectivity index (χ1v) is 8.82. The molecule has 1 atom stereocenters. The molecule has 116 valence electrons. The highest BCUT2D eigenvalue weighted by Gasteiger charge is 2.09. The average Bonchev–Trinajstić information content (AvgIpc) is 2.52. The second-order valence-electron chi connectivity index (χ2n) is 6.32. The summed E-state index contributed by atoms with van der Waals surface area (Å²) in [5.41, 5.74) is 0. The number of rotatable bonds is 6. The fourth-order valence-corrected chi connectivity index (χ4v) is 3.09. The number of aliphatic imine (C=N–C) groups is 2. The molecule has 0 N–H and O–H groups in total. The lowest BCUT2D eigenvalue weighted by Gasteiger charge is -2.14. The Morgan fingerprint density at radius 1 is 1.00 bits per heavy atom. The van der Waals surface area contributed by atoms with Crippen LogP contribution in [0.2, 0.25) is 0 Å². The van der Waals surface area contributed by atoms with Crippen molar-refractivity contribution in [3.8, 4) is 0 Å². The topological polar surface area (TPSA) is 24.7 Å². The summed E-state index contributed by atoms with van der Waals surface area (Å²) >= 11 is 0. The zero-order chi connectivity index (χ0) is 14.5. The molecule has 1 aliphatic rings. The van der Waals surface area contributed by atoms with Crippen LogP contribution in [0.25, 0.3) is 0 Å². The van der Waals surface area contributed by atoms with Gasteiger partial charge >= 0.3 is 0 Å². The van der Waals surface area contributed by atoms with E-state index < -0.39 is 0 Å². The van der Waals surface area contributed by atoms with E-state index in [0.717, 1.165) is 25.3 Å². The van der Waals surface area contributed by atoms with Gasteiger partial charge in [0, 0.05) is 12.8 Å². The van der Waals surface area contributed by atoms with Crippen molar-refractivity contribution in [3.63, 3.8) is 0 Å². The van der Waals surface area contributed by atoms with E-state index in [9.17, 15) is 0 Å². The van der Waals surface area contributed by atoms with Crippen LogP contribution in [0.1, 0.15) is 84.0 Å². The first kappa shape index (κ1) is 17.4. The molecule has 1 rings (SSSR count). The fraction of sp³-hybridized carbons (Fsp3) is 0.889. The van der Waals surface area contributed by atoms with E-state index in [1.54, 1.807) is 0 Å². The van der Waals surface area contributed by atoms with Gasteiger partial charge in [-0.05, 0) is 31.9 Å². The lowest BCUT2D eigenvalue weighted by molar-refractivity contribution is 0.423. The quantitative estimate of drug-likeness (QED) is 0.577. The van der Waals surface area contributed by atoms with Crippen molar-refractivity contribution in [2.24, 2.45) is 15.9 Å². The summed E-state index contributed by atoms with van der Waals surface area (Å²) in [6.45, 7) is 6.86. The third-order valence-electron chi connectivity index (χ3n) is 4.43. The Hall–Kier alpha value is -0.660. The van der Waals surface area contributed by atoms with Crippen LogP contribution in [0, 0.1) is 5.92 Å². The van der Waals surface area contributed by atoms with Crippen LogP contribution < -0.4 is 0 Å². The summed E-state index contributed by atoms with van der Waals surface area (Å²) in [4.78, 5) is 8.81. The number of hydrogen-bond acceptors (Lipinski definition) is 2. The fourth-order valence-electron chi connectivity index (χ4n) is 3.09. The predicted molar refractivity (Wildman–Crippen MR) is 91.3 cm³/mol. The normalized spacial score (nSPS) is 21.4. The monoisotopic (exact) mass is 278 g/mol. The second-order valence-corrected chi connectivity index (χ2v) is 6.32. The summed E-state index contributed by atoms with van der Waals surface area (Å²) in [7, 11) is 0. The summed E-state index contributed by atoms with van der Waals surface area (Å²) in [5, 5.41) is 0. The Labute approximate surface area is 126 Å². The van der Waals surface area contributed by atoms with Gasteiger partial charge in [0.1, 0.15) is 0 Å². The van der Waals surface area contributed by atoms with Gasteiger partial charge in [-0.3, -0.25) is 9.98 Å². The summed E-state index contributed by atoms with van der Waals surface area (Å²) in [6.07, 6.45) is 18.5. The minimum atomic E-state index is 0.239. The second kappa shape index (κ2) is 12.1. The van der Waals surface area contributed by atoms with E-state index >= 15 is 0 Å². The van der Waals surface area contributed by atoms with Gasteiger partial charge in [-0.15, -0.1) is 0 Å². The van der Waals surface area contributed by atoms with E-state index in [4.69, 9.17) is 0 Å². The van der Waals surface area contributed by atoms with Gasteiger partial charge in [0.25, 0.3) is 0 Å². The summed E-state index contributed by atoms with van der Waals surface area (Å²) < 4.78 is 0. The molecule has 1 unspecified atom stereocenters. The molecule has 0 heterocycles. The SMILES string of the molecule is C=NC(/C=N/CC1CCCCCCCCCC1)CCC. The van der Waals surface area contributed by atoms with Crippen molar-refractivity contribution in [1.29, 1.82) is 0 Å². The van der Waals surface area contributed by atoms with Crippen LogP contribution in [-0.2, 0) is 0 Å². The molecule has 20 heavy (non-hydrogen) atoms. The van der Waals surface area contributed by atoms with Crippen molar-refractivity contribution in [3.05, 3.63) is 0 Å². The highest BCUT2D eigenvalue weighted by atomic mass is 14.8. The van der Waals surface area contributed by atoms with Crippen LogP contribution in [0.5, 0.6) is 0 Å². The maximum absolute atomic E-state index is 4.68. The molecule has 2 nitrogen and oxygen atoms in total. The molecular weight excluding hydrogens is 244 g/mol. The molecule has 0 aromatic carbocycles. The van der Waals surface area contributed by atoms with Gasteiger partial charge in [-0.1, -0.05) is 64.7 Å². The van der Waals surface area contributed by atoms with Crippen molar-refractivity contribution < 1.29 is 0 Å². The standard InChI is InChI=1S/C18H34N2/c1-3-12-18(19-2)16-20-15-17-13-10-8-6-4-5-7-9-11-14-17/h16-18H,2-15H2,1H3/b20-16+. The lowest BCUT2D eigenvalue weighted by atomic mass is 9.95. The maximum Gasteiger partial charge on any atom is 0.0838 e. The molecular formula is C18H34N2. The highest BCUT2D eigenvalue weighted by molar-refractivity contribution is 5.65. The van der Waals surface area contributed by atoms with Crippen LogP contribution in [0.15, 0.2) is 9.98 Å². The first-order valence-electron chi connectivity index (χ1n) is 8.82. The largest absolute Gasteiger partial charge is 0.295 e. The third-order valence-corrected chi connectivity index (χ3v) is 4.43. The van der Waals surface area contributed by atoms with Gasteiger partial charge in [-0.25, -0.2) is 0 Å². The van der Waals surface area contributed by atoms with Crippen molar-refractivity contribution >= 4 is 12.9 Å². The zero-order valence-corrected chi connectivity index (χ0v) is 13.5. The molecule has 0 saturated heterocycles. The van der Waals surface area contributed by atoms with Crippen LogP contribution in [0.3, 0.4) is 0 Å². The Bertz CT molecular complexity index is 248. The first-order chi connectivity index (χ1) is 9.86. The minimum Gasteiger partial charge on any atom is -0.295 e.